The number of aromatic nitrogens is 1. The second-order valence-electron chi connectivity index (χ2n) is 5.50. The van der Waals surface area contributed by atoms with Gasteiger partial charge in [-0.2, -0.15) is 0 Å². The van der Waals surface area contributed by atoms with Gasteiger partial charge in [0.25, 0.3) is 0 Å². The quantitative estimate of drug-likeness (QED) is 0.471. The van der Waals surface area contributed by atoms with Crippen molar-refractivity contribution in [1.29, 1.82) is 0 Å². The molecule has 5 heteroatoms. The molecule has 0 spiro atoms. The average Bonchev–Trinajstić information content (AvgIpc) is 3.05. The Labute approximate surface area is 145 Å². The predicted octanol–water partition coefficient (Wildman–Crippen LogP) is 5.24. The molecule has 0 N–H and O–H groups in total. The predicted molar refractivity (Wildman–Crippen MR) is 95.1 cm³/mol. The first-order chi connectivity index (χ1) is 11.6. The Morgan fingerprint density at radius 3 is 2.54 bits per heavy atom. The second kappa shape index (κ2) is 7.32. The van der Waals surface area contributed by atoms with E-state index in [4.69, 9.17) is 21.0 Å². The first kappa shape index (κ1) is 16.3. The molecule has 0 saturated carbocycles. The van der Waals surface area contributed by atoms with Gasteiger partial charge in [-0.05, 0) is 31.5 Å². The first-order valence-corrected chi connectivity index (χ1v) is 7.95. The maximum atomic E-state index is 5.87. The van der Waals surface area contributed by atoms with Crippen LogP contribution in [0.1, 0.15) is 23.8 Å². The minimum atomic E-state index is 0.226. The Bertz CT molecular complexity index is 837. The number of nitrogens with zero attached hydrogens (tertiary/aromatic N) is 2. The summed E-state index contributed by atoms with van der Waals surface area (Å²) in [6.45, 7) is 4.15. The van der Waals surface area contributed by atoms with E-state index in [9.17, 15) is 0 Å². The lowest BCUT2D eigenvalue weighted by molar-refractivity contribution is 0.109. The van der Waals surface area contributed by atoms with Crippen molar-refractivity contribution in [3.63, 3.8) is 0 Å². The van der Waals surface area contributed by atoms with Crippen LogP contribution in [0.25, 0.3) is 11.3 Å². The molecule has 1 aromatic heterocycles. The van der Waals surface area contributed by atoms with E-state index in [1.807, 2.05) is 68.4 Å². The maximum absolute atomic E-state index is 5.87. The van der Waals surface area contributed by atoms with Gasteiger partial charge in [0.1, 0.15) is 5.69 Å². The molecule has 0 fully saturated rings. The molecule has 0 aliphatic heterocycles. The van der Waals surface area contributed by atoms with Crippen LogP contribution in [0.5, 0.6) is 0 Å². The molecule has 3 aromatic rings. The zero-order chi connectivity index (χ0) is 16.9. The molecule has 0 bridgehead atoms. The molecule has 2 aromatic carbocycles. The van der Waals surface area contributed by atoms with Crippen molar-refractivity contribution in [3.05, 3.63) is 76.5 Å². The van der Waals surface area contributed by atoms with Crippen LogP contribution < -0.4 is 0 Å². The van der Waals surface area contributed by atoms with Gasteiger partial charge in [0.15, 0.2) is 12.4 Å². The number of rotatable bonds is 5. The molecule has 0 unspecified atom stereocenters. The van der Waals surface area contributed by atoms with Crippen molar-refractivity contribution in [2.24, 2.45) is 5.16 Å². The van der Waals surface area contributed by atoms with Crippen molar-refractivity contribution in [1.82, 2.24) is 5.16 Å². The van der Waals surface area contributed by atoms with Crippen LogP contribution in [0.15, 0.2) is 64.3 Å². The van der Waals surface area contributed by atoms with Crippen molar-refractivity contribution in [3.8, 4) is 11.3 Å². The zero-order valence-corrected chi connectivity index (χ0v) is 14.2. The lowest BCUT2D eigenvalue weighted by Gasteiger charge is -2.01. The molecule has 24 heavy (non-hydrogen) atoms. The summed E-state index contributed by atoms with van der Waals surface area (Å²) in [5.74, 6) is 0.623. The van der Waals surface area contributed by atoms with Gasteiger partial charge in [0.2, 0.25) is 0 Å². The highest BCUT2D eigenvalue weighted by Gasteiger charge is 2.07. The third-order valence-corrected chi connectivity index (χ3v) is 3.83. The van der Waals surface area contributed by atoms with Gasteiger partial charge in [-0.3, -0.25) is 0 Å². The van der Waals surface area contributed by atoms with Gasteiger partial charge in [0, 0.05) is 16.7 Å². The van der Waals surface area contributed by atoms with E-state index in [-0.39, 0.29) is 6.61 Å². The van der Waals surface area contributed by atoms with E-state index < -0.39 is 0 Å². The summed E-state index contributed by atoms with van der Waals surface area (Å²) in [6.07, 6.45) is 0. The second-order valence-corrected chi connectivity index (χ2v) is 5.94. The molecule has 0 radical (unpaired) electrons. The van der Waals surface area contributed by atoms with Crippen LogP contribution in [0.3, 0.4) is 0 Å². The number of benzene rings is 2. The highest BCUT2D eigenvalue weighted by Crippen LogP contribution is 2.20. The lowest BCUT2D eigenvalue weighted by Crippen LogP contribution is -1.96. The molecule has 0 amide bonds. The van der Waals surface area contributed by atoms with Crippen LogP contribution in [0.2, 0.25) is 5.02 Å². The third-order valence-electron chi connectivity index (χ3n) is 3.58. The van der Waals surface area contributed by atoms with E-state index >= 15 is 0 Å². The number of oxime groups is 1. The number of aryl methyl sites for hydroxylation is 1. The highest BCUT2D eigenvalue weighted by molar-refractivity contribution is 6.30. The molecular weight excluding hydrogens is 324 g/mol. The Morgan fingerprint density at radius 2 is 1.83 bits per heavy atom. The summed E-state index contributed by atoms with van der Waals surface area (Å²) in [7, 11) is 0. The largest absolute Gasteiger partial charge is 0.387 e. The lowest BCUT2D eigenvalue weighted by atomic mass is 10.1. The number of halogens is 1. The third kappa shape index (κ3) is 4.03. The normalized spacial score (nSPS) is 11.5. The van der Waals surface area contributed by atoms with Gasteiger partial charge < -0.3 is 9.36 Å². The smallest absolute Gasteiger partial charge is 0.177 e. The van der Waals surface area contributed by atoms with E-state index in [0.29, 0.717) is 10.8 Å². The van der Waals surface area contributed by atoms with E-state index in [0.717, 1.165) is 22.5 Å². The van der Waals surface area contributed by atoms with Gasteiger partial charge in [0.05, 0.1) is 5.71 Å². The van der Waals surface area contributed by atoms with Gasteiger partial charge in [-0.25, -0.2) is 0 Å². The fraction of sp³-hybridized carbons (Fsp3) is 0.158. The standard InChI is InChI=1S/C19H17ClN2O2/c1-13-3-5-16(6-4-13)19-11-18(24-22-19)12-23-21-14(2)15-7-9-17(20)10-8-15/h3-11H,12H2,1-2H3/b21-14+. The van der Waals surface area contributed by atoms with Gasteiger partial charge >= 0.3 is 0 Å². The Hall–Kier alpha value is -2.59. The van der Waals surface area contributed by atoms with Crippen LogP contribution in [-0.2, 0) is 11.4 Å². The van der Waals surface area contributed by atoms with Crippen molar-refractivity contribution in [2.75, 3.05) is 0 Å². The summed E-state index contributed by atoms with van der Waals surface area (Å²) >= 11 is 5.87. The average molecular weight is 341 g/mol. The summed E-state index contributed by atoms with van der Waals surface area (Å²) < 4.78 is 5.29. The zero-order valence-electron chi connectivity index (χ0n) is 13.5. The van der Waals surface area contributed by atoms with Crippen LogP contribution in [-0.4, -0.2) is 10.9 Å². The summed E-state index contributed by atoms with van der Waals surface area (Å²) in [6, 6.07) is 17.4. The van der Waals surface area contributed by atoms with Crippen molar-refractivity contribution in [2.45, 2.75) is 20.5 Å². The Morgan fingerprint density at radius 1 is 1.12 bits per heavy atom. The minimum absolute atomic E-state index is 0.226. The van der Waals surface area contributed by atoms with E-state index in [1.165, 1.54) is 5.56 Å². The molecule has 1 heterocycles. The number of hydrogen-bond acceptors (Lipinski definition) is 4. The summed E-state index contributed by atoms with van der Waals surface area (Å²) in [5.41, 5.74) is 4.73. The van der Waals surface area contributed by atoms with Crippen molar-refractivity contribution < 1.29 is 9.36 Å². The molecule has 0 saturated heterocycles. The molecule has 3 rings (SSSR count). The highest BCUT2D eigenvalue weighted by atomic mass is 35.5. The van der Waals surface area contributed by atoms with Gasteiger partial charge in [-0.1, -0.05) is 63.9 Å². The molecular formula is C19H17ClN2O2. The fourth-order valence-corrected chi connectivity index (χ4v) is 2.30. The SMILES string of the molecule is C/C(=N\OCc1cc(-c2ccc(C)cc2)no1)c1ccc(Cl)cc1. The maximum Gasteiger partial charge on any atom is 0.177 e. The minimum Gasteiger partial charge on any atom is -0.387 e. The first-order valence-electron chi connectivity index (χ1n) is 7.57. The topological polar surface area (TPSA) is 47.6 Å². The molecule has 0 atom stereocenters. The van der Waals surface area contributed by atoms with Crippen LogP contribution >= 0.6 is 11.6 Å². The Kier molecular flexibility index (Phi) is 4.96. The molecule has 0 aliphatic rings. The van der Waals surface area contributed by atoms with Crippen molar-refractivity contribution >= 4 is 17.3 Å². The fourth-order valence-electron chi connectivity index (χ4n) is 2.18. The van der Waals surface area contributed by atoms with E-state index in [2.05, 4.69) is 10.3 Å². The van der Waals surface area contributed by atoms with Gasteiger partial charge in [-0.15, -0.1) is 0 Å². The Balaban J connectivity index is 1.62. The monoisotopic (exact) mass is 340 g/mol. The van der Waals surface area contributed by atoms with Crippen LogP contribution in [0, 0.1) is 6.92 Å². The molecule has 122 valence electrons. The van der Waals surface area contributed by atoms with Crippen LogP contribution in [0.4, 0.5) is 0 Å². The molecule has 4 nitrogen and oxygen atoms in total. The summed E-state index contributed by atoms with van der Waals surface area (Å²) in [4.78, 5) is 5.36. The number of hydrogen-bond donors (Lipinski definition) is 0. The van der Waals surface area contributed by atoms with E-state index in [1.54, 1.807) is 0 Å². The molecule has 0 aliphatic carbocycles. The summed E-state index contributed by atoms with van der Waals surface area (Å²) in [5, 5.41) is 8.85.